The van der Waals surface area contributed by atoms with E-state index in [0.29, 0.717) is 5.89 Å². The van der Waals surface area contributed by atoms with Gasteiger partial charge >= 0.3 is 0 Å². The summed E-state index contributed by atoms with van der Waals surface area (Å²) >= 11 is 3.55. The van der Waals surface area contributed by atoms with Crippen molar-refractivity contribution >= 4 is 23.5 Å². The van der Waals surface area contributed by atoms with E-state index in [0.717, 1.165) is 29.5 Å². The summed E-state index contributed by atoms with van der Waals surface area (Å²) < 4.78 is 5.11. The molecular weight excluding hydrogens is 230 g/mol. The van der Waals surface area contributed by atoms with Gasteiger partial charge in [-0.1, -0.05) is 12.1 Å². The lowest BCUT2D eigenvalue weighted by molar-refractivity contribution is 0.350. The van der Waals surface area contributed by atoms with E-state index in [-0.39, 0.29) is 6.04 Å². The van der Waals surface area contributed by atoms with E-state index in [4.69, 9.17) is 10.3 Å². The van der Waals surface area contributed by atoms with Crippen LogP contribution >= 0.6 is 23.5 Å². The van der Waals surface area contributed by atoms with Crippen molar-refractivity contribution < 1.29 is 4.52 Å². The third-order valence-electron chi connectivity index (χ3n) is 1.87. The molecule has 4 nitrogen and oxygen atoms in total. The molecule has 2 N–H and O–H groups in total. The Morgan fingerprint density at radius 2 is 2.33 bits per heavy atom. The van der Waals surface area contributed by atoms with Crippen LogP contribution in [0.2, 0.25) is 0 Å². The lowest BCUT2D eigenvalue weighted by Gasteiger charge is -2.03. The van der Waals surface area contributed by atoms with Crippen molar-refractivity contribution in [2.45, 2.75) is 25.1 Å². The molecule has 1 aromatic heterocycles. The second-order valence-corrected chi connectivity index (χ2v) is 5.33. The van der Waals surface area contributed by atoms with Gasteiger partial charge in [0.25, 0.3) is 0 Å². The molecule has 6 heteroatoms. The van der Waals surface area contributed by atoms with Gasteiger partial charge in [0.05, 0.1) is 11.8 Å². The molecule has 0 aliphatic heterocycles. The summed E-state index contributed by atoms with van der Waals surface area (Å²) in [6.07, 6.45) is 2.94. The number of hydrogen-bond acceptors (Lipinski definition) is 6. The van der Waals surface area contributed by atoms with E-state index >= 15 is 0 Å². The average molecular weight is 247 g/mol. The van der Waals surface area contributed by atoms with E-state index in [1.165, 1.54) is 0 Å². The molecule has 0 radical (unpaired) electrons. The Bertz CT molecular complexity index is 280. The molecule has 0 unspecified atom stereocenters. The van der Waals surface area contributed by atoms with E-state index < -0.39 is 0 Å². The van der Waals surface area contributed by atoms with Crippen molar-refractivity contribution in [2.24, 2.45) is 5.73 Å². The SMILES string of the molecule is CCSCc1noc([C@@H](N)CCSC)n1. The maximum atomic E-state index is 5.91. The first-order valence-electron chi connectivity index (χ1n) is 4.92. The van der Waals surface area contributed by atoms with E-state index in [1.807, 2.05) is 0 Å². The molecule has 0 bridgehead atoms. The summed E-state index contributed by atoms with van der Waals surface area (Å²) in [6.45, 7) is 2.11. The van der Waals surface area contributed by atoms with E-state index in [9.17, 15) is 0 Å². The molecule has 15 heavy (non-hydrogen) atoms. The van der Waals surface area contributed by atoms with Gasteiger partial charge in [0.15, 0.2) is 5.82 Å². The summed E-state index contributed by atoms with van der Waals surface area (Å²) in [6, 6.07) is -0.120. The molecule has 0 aliphatic rings. The minimum absolute atomic E-state index is 0.120. The monoisotopic (exact) mass is 247 g/mol. The van der Waals surface area contributed by atoms with Gasteiger partial charge in [-0.3, -0.25) is 0 Å². The van der Waals surface area contributed by atoms with Crippen LogP contribution in [0.15, 0.2) is 4.52 Å². The van der Waals surface area contributed by atoms with Crippen LogP contribution in [0.3, 0.4) is 0 Å². The first kappa shape index (κ1) is 12.9. The van der Waals surface area contributed by atoms with Gasteiger partial charge in [-0.2, -0.15) is 28.5 Å². The molecule has 0 aromatic carbocycles. The topological polar surface area (TPSA) is 64.9 Å². The second-order valence-electron chi connectivity index (χ2n) is 3.07. The number of nitrogens with two attached hydrogens (primary N) is 1. The number of nitrogens with zero attached hydrogens (tertiary/aromatic N) is 2. The Hall–Kier alpha value is -0.200. The molecule has 0 spiro atoms. The minimum Gasteiger partial charge on any atom is -0.338 e. The van der Waals surface area contributed by atoms with Crippen LogP contribution in [-0.4, -0.2) is 27.9 Å². The molecular formula is C9H17N3OS2. The molecule has 86 valence electrons. The molecule has 0 aliphatic carbocycles. The third-order valence-corrected chi connectivity index (χ3v) is 3.38. The van der Waals surface area contributed by atoms with Gasteiger partial charge in [-0.05, 0) is 24.2 Å². The molecule has 1 rings (SSSR count). The van der Waals surface area contributed by atoms with E-state index in [2.05, 4.69) is 23.3 Å². The zero-order valence-electron chi connectivity index (χ0n) is 9.10. The van der Waals surface area contributed by atoms with E-state index in [1.54, 1.807) is 23.5 Å². The number of rotatable bonds is 7. The summed E-state index contributed by atoms with van der Waals surface area (Å²) in [7, 11) is 0. The van der Waals surface area contributed by atoms with Crippen LogP contribution in [0.25, 0.3) is 0 Å². The number of aromatic nitrogens is 2. The highest BCUT2D eigenvalue weighted by molar-refractivity contribution is 7.98. The molecule has 1 aromatic rings. The molecule has 1 atom stereocenters. The van der Waals surface area contributed by atoms with Crippen molar-refractivity contribution in [3.05, 3.63) is 11.7 Å². The average Bonchev–Trinajstić information content (AvgIpc) is 2.71. The Morgan fingerprint density at radius 1 is 1.53 bits per heavy atom. The molecule has 0 amide bonds. The van der Waals surface area contributed by atoms with Crippen LogP contribution < -0.4 is 5.73 Å². The highest BCUT2D eigenvalue weighted by Gasteiger charge is 2.13. The van der Waals surface area contributed by atoms with Crippen LogP contribution in [0.4, 0.5) is 0 Å². The third kappa shape index (κ3) is 4.44. The van der Waals surface area contributed by atoms with Crippen molar-refractivity contribution in [1.29, 1.82) is 0 Å². The Kier molecular flexibility index (Phi) is 6.12. The Balaban J connectivity index is 2.43. The van der Waals surface area contributed by atoms with Gasteiger partial charge in [0.2, 0.25) is 5.89 Å². The van der Waals surface area contributed by atoms with Crippen molar-refractivity contribution in [2.75, 3.05) is 17.8 Å². The van der Waals surface area contributed by atoms with Gasteiger partial charge in [0.1, 0.15) is 0 Å². The smallest absolute Gasteiger partial charge is 0.243 e. The fraction of sp³-hybridized carbons (Fsp3) is 0.778. The quantitative estimate of drug-likeness (QED) is 0.796. The highest BCUT2D eigenvalue weighted by Crippen LogP contribution is 2.15. The maximum Gasteiger partial charge on any atom is 0.243 e. The van der Waals surface area contributed by atoms with Crippen LogP contribution in [0, 0.1) is 0 Å². The summed E-state index contributed by atoms with van der Waals surface area (Å²) in [5, 5.41) is 3.89. The second kappa shape index (κ2) is 7.14. The van der Waals surface area contributed by atoms with Gasteiger partial charge < -0.3 is 10.3 Å². The predicted molar refractivity (Wildman–Crippen MR) is 66.1 cm³/mol. The number of hydrogen-bond donors (Lipinski definition) is 1. The Morgan fingerprint density at radius 3 is 3.00 bits per heavy atom. The zero-order chi connectivity index (χ0) is 11.1. The summed E-state index contributed by atoms with van der Waals surface area (Å²) in [5.41, 5.74) is 5.91. The first-order valence-corrected chi connectivity index (χ1v) is 7.47. The van der Waals surface area contributed by atoms with Crippen LogP contribution in [-0.2, 0) is 5.75 Å². The summed E-state index contributed by atoms with van der Waals surface area (Å²) in [5.74, 6) is 4.19. The fourth-order valence-electron chi connectivity index (χ4n) is 1.04. The van der Waals surface area contributed by atoms with Gasteiger partial charge in [0, 0.05) is 0 Å². The first-order chi connectivity index (χ1) is 7.27. The lowest BCUT2D eigenvalue weighted by Crippen LogP contribution is -2.11. The standard InChI is InChI=1S/C9H17N3OS2/c1-3-15-6-8-11-9(13-12-8)7(10)4-5-14-2/h7H,3-6,10H2,1-2H3/t7-/m0/s1. The van der Waals surface area contributed by atoms with Crippen molar-refractivity contribution in [3.63, 3.8) is 0 Å². The molecule has 0 saturated heterocycles. The predicted octanol–water partition coefficient (Wildman–Crippen LogP) is 2.08. The molecule has 0 fully saturated rings. The largest absolute Gasteiger partial charge is 0.338 e. The highest BCUT2D eigenvalue weighted by atomic mass is 32.2. The van der Waals surface area contributed by atoms with Crippen LogP contribution in [0.5, 0.6) is 0 Å². The van der Waals surface area contributed by atoms with Crippen molar-refractivity contribution in [1.82, 2.24) is 10.1 Å². The van der Waals surface area contributed by atoms with Gasteiger partial charge in [-0.15, -0.1) is 0 Å². The summed E-state index contributed by atoms with van der Waals surface area (Å²) in [4.78, 5) is 4.27. The van der Waals surface area contributed by atoms with Crippen molar-refractivity contribution in [3.8, 4) is 0 Å². The fourth-order valence-corrected chi connectivity index (χ4v) is 2.03. The zero-order valence-corrected chi connectivity index (χ0v) is 10.7. The van der Waals surface area contributed by atoms with Gasteiger partial charge in [-0.25, -0.2) is 0 Å². The maximum absolute atomic E-state index is 5.91. The number of thioether (sulfide) groups is 2. The minimum atomic E-state index is -0.120. The molecule has 0 saturated carbocycles. The molecule has 1 heterocycles. The normalized spacial score (nSPS) is 13.0. The van der Waals surface area contributed by atoms with Crippen LogP contribution in [0.1, 0.15) is 31.1 Å². The Labute approximate surface area is 98.8 Å². The lowest BCUT2D eigenvalue weighted by atomic mass is 10.2.